The Kier molecular flexibility index (Phi) is 14.5. The molecule has 0 aliphatic heterocycles. The summed E-state index contributed by atoms with van der Waals surface area (Å²) in [5, 5.41) is 21.3. The maximum Gasteiger partial charge on any atom is 0.343 e. The lowest BCUT2D eigenvalue weighted by molar-refractivity contribution is -0.140. The second-order valence-corrected chi connectivity index (χ2v) is 24.6. The van der Waals surface area contributed by atoms with Crippen LogP contribution in [0, 0.1) is 0 Å². The van der Waals surface area contributed by atoms with Crippen LogP contribution in [0.2, 0.25) is 51.9 Å². The molecule has 0 fully saturated rings. The highest BCUT2D eigenvalue weighted by atomic mass is 28.5. The molecule has 0 saturated heterocycles. The summed E-state index contributed by atoms with van der Waals surface area (Å²) in [5.74, 6) is -2.22. The number of carboxylic acids is 2. The molecule has 0 radical (unpaired) electrons. The van der Waals surface area contributed by atoms with Gasteiger partial charge in [0.25, 0.3) is 0 Å². The Morgan fingerprint density at radius 2 is 1.39 bits per heavy atom. The summed E-state index contributed by atoms with van der Waals surface area (Å²) in [6.07, 6.45) is 5.97. The average molecular weight is 622 g/mol. The number of nitrogen functional groups attached to an aromatic ring is 1. The fourth-order valence-electron chi connectivity index (χ4n) is 4.16. The van der Waals surface area contributed by atoms with Gasteiger partial charge < -0.3 is 29.5 Å². The third-order valence-electron chi connectivity index (χ3n) is 5.40. The summed E-state index contributed by atoms with van der Waals surface area (Å²) >= 11 is 0. The van der Waals surface area contributed by atoms with Crippen LogP contribution in [0.15, 0.2) is 42.5 Å². The van der Waals surface area contributed by atoms with E-state index in [-0.39, 0.29) is 0 Å². The third kappa shape index (κ3) is 15.0. The van der Waals surface area contributed by atoms with Crippen molar-refractivity contribution < 1.29 is 28.0 Å². The Balaban J connectivity index is 0.000000414. The standard InChI is InChI=1S/C14H17NO4.C13H30N4O2Si3/c1-2-3-4-11(12(13(16)17)14(18)19)9-5-7-10(15)8-6-9;1-20(2,3)18-22(7,19-21(4,5)6)10-8-9-15-13-16-11-14-12-17-13/h5-8H,2-4,15H2,1H3,(H,16,17)(H,18,19);11-12H,8-10H2,1-7H3,(H,14,15,16,17). The molecule has 0 unspecified atom stereocenters. The average Bonchev–Trinajstić information content (AvgIpc) is 2.83. The number of carbonyl (C=O) groups is 2. The van der Waals surface area contributed by atoms with Crippen LogP contribution in [-0.4, -0.2) is 68.8 Å². The van der Waals surface area contributed by atoms with Crippen LogP contribution >= 0.6 is 0 Å². The predicted octanol–water partition coefficient (Wildman–Crippen LogP) is 5.83. The highest BCUT2D eigenvalue weighted by Gasteiger charge is 2.39. The van der Waals surface area contributed by atoms with Crippen molar-refractivity contribution in [3.63, 3.8) is 0 Å². The molecule has 11 nitrogen and oxygen atoms in total. The Morgan fingerprint density at radius 1 is 0.878 bits per heavy atom. The first-order chi connectivity index (χ1) is 19.0. The highest BCUT2D eigenvalue weighted by molar-refractivity contribution is 6.87. The lowest BCUT2D eigenvalue weighted by atomic mass is 9.94. The van der Waals surface area contributed by atoms with Crippen LogP contribution in [0.3, 0.4) is 0 Å². The quantitative estimate of drug-likeness (QED) is 0.0471. The summed E-state index contributed by atoms with van der Waals surface area (Å²) in [4.78, 5) is 34.2. The molecule has 0 atom stereocenters. The van der Waals surface area contributed by atoms with E-state index < -0.39 is 42.7 Å². The van der Waals surface area contributed by atoms with Gasteiger partial charge in [0.05, 0.1) is 0 Å². The van der Waals surface area contributed by atoms with E-state index in [1.807, 2.05) is 6.92 Å². The van der Waals surface area contributed by atoms with Gasteiger partial charge in [0.2, 0.25) is 5.95 Å². The molecule has 0 aliphatic rings. The smallest absolute Gasteiger partial charge is 0.343 e. The van der Waals surface area contributed by atoms with Gasteiger partial charge in [-0.1, -0.05) is 25.5 Å². The number of hydrogen-bond donors (Lipinski definition) is 4. The second-order valence-electron chi connectivity index (χ2n) is 11.7. The number of nitrogens with one attached hydrogen (secondary N) is 1. The Hall–Kier alpha value is -2.92. The third-order valence-corrected chi connectivity index (χ3v) is 15.0. The molecule has 1 aromatic heterocycles. The van der Waals surface area contributed by atoms with Crippen molar-refractivity contribution in [3.05, 3.63) is 48.1 Å². The van der Waals surface area contributed by atoms with Crippen LogP contribution in [-0.2, 0) is 17.8 Å². The topological polar surface area (TPSA) is 170 Å². The van der Waals surface area contributed by atoms with Gasteiger partial charge in [-0.2, -0.15) is 0 Å². The molecule has 0 saturated carbocycles. The van der Waals surface area contributed by atoms with Gasteiger partial charge in [-0.25, -0.2) is 24.5 Å². The molecule has 41 heavy (non-hydrogen) atoms. The van der Waals surface area contributed by atoms with E-state index in [2.05, 4.69) is 66.1 Å². The number of benzene rings is 1. The fraction of sp³-hybridized carbons (Fsp3) is 0.519. The number of allylic oxidation sites excluding steroid dienone is 1. The lowest BCUT2D eigenvalue weighted by Gasteiger charge is -2.38. The maximum atomic E-state index is 11.1. The monoisotopic (exact) mass is 621 g/mol. The number of nitrogens with two attached hydrogens (primary N) is 1. The van der Waals surface area contributed by atoms with Gasteiger partial charge in [0, 0.05) is 12.2 Å². The zero-order valence-electron chi connectivity index (χ0n) is 25.7. The molecule has 14 heteroatoms. The molecule has 228 valence electrons. The van der Waals surface area contributed by atoms with Gasteiger partial charge in [0.15, 0.2) is 16.6 Å². The van der Waals surface area contributed by atoms with Crippen LogP contribution in [0.4, 0.5) is 11.6 Å². The number of rotatable bonds is 15. The SMILES string of the molecule is CCCCC(=C(C(=O)O)C(=O)O)c1ccc(N)cc1.C[Si](C)(C)O[Si](C)(CCCNc1ncncn1)O[Si](C)(C)C. The minimum atomic E-state index is -2.13. The van der Waals surface area contributed by atoms with E-state index in [9.17, 15) is 9.59 Å². The zero-order chi connectivity index (χ0) is 31.3. The number of aromatic nitrogens is 3. The molecule has 1 heterocycles. The second kappa shape index (κ2) is 16.5. The van der Waals surface area contributed by atoms with Gasteiger partial charge in [0.1, 0.15) is 18.2 Å². The molecule has 0 spiro atoms. The predicted molar refractivity (Wildman–Crippen MR) is 171 cm³/mol. The summed E-state index contributed by atoms with van der Waals surface area (Å²) < 4.78 is 12.9. The molecule has 0 amide bonds. The van der Waals surface area contributed by atoms with Crippen molar-refractivity contribution in [1.29, 1.82) is 0 Å². The number of nitrogens with zero attached hydrogens (tertiary/aromatic N) is 3. The number of anilines is 2. The minimum absolute atomic E-state index is 0.335. The Labute approximate surface area is 247 Å². The largest absolute Gasteiger partial charge is 0.477 e. The van der Waals surface area contributed by atoms with Crippen molar-refractivity contribution in [3.8, 4) is 0 Å². The van der Waals surface area contributed by atoms with Crippen molar-refractivity contribution >= 4 is 54.3 Å². The van der Waals surface area contributed by atoms with E-state index in [1.54, 1.807) is 24.3 Å². The molecule has 1 aromatic carbocycles. The molecular formula is C27H47N5O6Si3. The number of hydrogen-bond acceptors (Lipinski definition) is 9. The number of aliphatic carboxylic acids is 2. The number of unbranched alkanes of at least 4 members (excludes halogenated alkanes) is 1. The minimum Gasteiger partial charge on any atom is -0.477 e. The van der Waals surface area contributed by atoms with E-state index in [4.69, 9.17) is 24.2 Å². The summed E-state index contributed by atoms with van der Waals surface area (Å²) in [5.41, 5.74) is 6.47. The van der Waals surface area contributed by atoms with Crippen molar-refractivity contribution in [2.24, 2.45) is 0 Å². The van der Waals surface area contributed by atoms with Crippen LogP contribution in [0.25, 0.3) is 5.57 Å². The molecule has 2 rings (SSSR count). The fourth-order valence-corrected chi connectivity index (χ4v) is 16.7. The van der Waals surface area contributed by atoms with Crippen LogP contribution in [0.5, 0.6) is 0 Å². The summed E-state index contributed by atoms with van der Waals surface area (Å²) in [6.45, 7) is 18.4. The van der Waals surface area contributed by atoms with Gasteiger partial charge in [-0.15, -0.1) is 0 Å². The van der Waals surface area contributed by atoms with Crippen LogP contribution < -0.4 is 11.1 Å². The van der Waals surface area contributed by atoms with Gasteiger partial charge in [-0.3, -0.25) is 0 Å². The highest BCUT2D eigenvalue weighted by Crippen LogP contribution is 2.27. The molecule has 2 aromatic rings. The van der Waals surface area contributed by atoms with Crippen molar-refractivity contribution in [1.82, 2.24) is 15.0 Å². The first kappa shape index (κ1) is 36.1. The van der Waals surface area contributed by atoms with E-state index in [1.165, 1.54) is 12.7 Å². The molecule has 0 aliphatic carbocycles. The Morgan fingerprint density at radius 3 is 1.83 bits per heavy atom. The summed E-state index contributed by atoms with van der Waals surface area (Å²) in [7, 11) is -5.35. The summed E-state index contributed by atoms with van der Waals surface area (Å²) in [6, 6.07) is 7.53. The van der Waals surface area contributed by atoms with Gasteiger partial charge in [-0.05, 0) is 94.4 Å². The first-order valence-corrected chi connectivity index (χ1v) is 23.1. The van der Waals surface area contributed by atoms with Crippen LogP contribution in [0.1, 0.15) is 38.2 Å². The lowest BCUT2D eigenvalue weighted by Crippen LogP contribution is -2.52. The number of carboxylic acid groups (broad SMARTS) is 2. The van der Waals surface area contributed by atoms with E-state index in [0.717, 1.165) is 31.9 Å². The van der Waals surface area contributed by atoms with Crippen molar-refractivity contribution in [2.45, 2.75) is 84.5 Å². The molecule has 5 N–H and O–H groups in total. The first-order valence-electron chi connectivity index (χ1n) is 13.8. The van der Waals surface area contributed by atoms with E-state index >= 15 is 0 Å². The molecular weight excluding hydrogens is 575 g/mol. The normalized spacial score (nSPS) is 11.7. The Bertz CT molecular complexity index is 1100. The van der Waals surface area contributed by atoms with Gasteiger partial charge >= 0.3 is 20.5 Å². The van der Waals surface area contributed by atoms with E-state index in [0.29, 0.717) is 29.2 Å². The van der Waals surface area contributed by atoms with Crippen molar-refractivity contribution in [2.75, 3.05) is 17.6 Å². The maximum absolute atomic E-state index is 11.1. The molecule has 0 bridgehead atoms. The zero-order valence-corrected chi connectivity index (χ0v) is 28.7.